The summed E-state index contributed by atoms with van der Waals surface area (Å²) in [7, 11) is -0.862. The van der Waals surface area contributed by atoms with Crippen molar-refractivity contribution in [1.82, 2.24) is 0 Å². The van der Waals surface area contributed by atoms with Gasteiger partial charge in [0.1, 0.15) is 0 Å². The quantitative estimate of drug-likeness (QED) is 0.343. The van der Waals surface area contributed by atoms with Crippen molar-refractivity contribution in [3.63, 3.8) is 0 Å². The molecule has 0 amide bonds. The maximum absolute atomic E-state index is 3.20. The van der Waals surface area contributed by atoms with Crippen molar-refractivity contribution in [2.75, 3.05) is 0 Å². The van der Waals surface area contributed by atoms with Crippen LogP contribution >= 0.6 is 0 Å². The first-order chi connectivity index (χ1) is 4.58. The summed E-state index contributed by atoms with van der Waals surface area (Å²) < 4.78 is 0. The van der Waals surface area contributed by atoms with Gasteiger partial charge in [-0.05, 0) is 0 Å². The Morgan fingerprint density at radius 1 is 1.31 bits per heavy atom. The third-order valence-electron chi connectivity index (χ3n) is 1.50. The maximum atomic E-state index is 3.20. The van der Waals surface area contributed by atoms with Gasteiger partial charge in [0.2, 0.25) is 0 Å². The van der Waals surface area contributed by atoms with E-state index in [0.717, 1.165) is 6.42 Å². The van der Waals surface area contributed by atoms with E-state index >= 15 is 0 Å². The molecule has 0 unspecified atom stereocenters. The van der Waals surface area contributed by atoms with Crippen LogP contribution in [0.5, 0.6) is 0 Å². The molecule has 0 aromatic rings. The van der Waals surface area contributed by atoms with Crippen molar-refractivity contribution in [2.45, 2.75) is 32.1 Å². The summed E-state index contributed by atoms with van der Waals surface area (Å²) in [5.74, 6) is 0. The summed E-state index contributed by atoms with van der Waals surface area (Å²) in [5.41, 5.74) is 1.51. The summed E-state index contributed by atoms with van der Waals surface area (Å²) in [4.78, 5) is 0. The second-order valence-electron chi connectivity index (χ2n) is 4.07. The third kappa shape index (κ3) is 9.45. The first kappa shape index (κ1) is 19.7. The van der Waals surface area contributed by atoms with Crippen LogP contribution in [0, 0.1) is 6.08 Å². The average molecular weight is 401 g/mol. The van der Waals surface area contributed by atoms with Gasteiger partial charge in [-0.1, -0.05) is 25.7 Å². The molecule has 0 atom stereocenters. The standard InChI is InChI=1S/C9H15Si.2ClH.Hf/c1-10(2,3)8-9-6-4-5-7-9;;;/h6-7H,4,8H2,1-3H3;2*1H;/q-1;;;/p-2. The van der Waals surface area contributed by atoms with Crippen molar-refractivity contribution in [1.29, 1.82) is 0 Å². The predicted octanol–water partition coefficient (Wildman–Crippen LogP) is -2.98. The van der Waals surface area contributed by atoms with E-state index in [1.807, 2.05) is 0 Å². The summed E-state index contributed by atoms with van der Waals surface area (Å²) in [6.45, 7) is 7.21. The summed E-state index contributed by atoms with van der Waals surface area (Å²) in [6.07, 6.45) is 8.68. The molecular formula is C9H15Cl2HfSi-3. The Hall–Kier alpha value is 1.15. The molecule has 0 fully saturated rings. The molecule has 0 bridgehead atoms. The van der Waals surface area contributed by atoms with Gasteiger partial charge < -0.3 is 24.8 Å². The fourth-order valence-electron chi connectivity index (χ4n) is 1.17. The van der Waals surface area contributed by atoms with E-state index in [1.54, 1.807) is 0 Å². The number of rotatable bonds is 2. The molecule has 0 saturated heterocycles. The van der Waals surface area contributed by atoms with Gasteiger partial charge in [0, 0.05) is 33.9 Å². The Bertz CT molecular complexity index is 183. The van der Waals surface area contributed by atoms with Gasteiger partial charge in [0.15, 0.2) is 0 Å². The van der Waals surface area contributed by atoms with Gasteiger partial charge in [0.25, 0.3) is 0 Å². The zero-order valence-electron chi connectivity index (χ0n) is 8.32. The van der Waals surface area contributed by atoms with E-state index in [4.69, 9.17) is 0 Å². The molecule has 0 aliphatic heterocycles. The molecule has 0 spiro atoms. The third-order valence-corrected chi connectivity index (χ3v) is 2.97. The number of hydrogen-bond acceptors (Lipinski definition) is 0. The minimum atomic E-state index is -0.862. The van der Waals surface area contributed by atoms with Crippen LogP contribution in [0.4, 0.5) is 0 Å². The van der Waals surface area contributed by atoms with Crippen LogP contribution in [0.25, 0.3) is 0 Å². The molecule has 0 N–H and O–H groups in total. The van der Waals surface area contributed by atoms with Crippen molar-refractivity contribution < 1.29 is 50.7 Å². The Labute approximate surface area is 114 Å². The maximum Gasteiger partial charge on any atom is 0.0319 e. The van der Waals surface area contributed by atoms with Crippen LogP contribution in [-0.4, -0.2) is 8.07 Å². The summed E-state index contributed by atoms with van der Waals surface area (Å²) in [6, 6.07) is 1.32. The van der Waals surface area contributed by atoms with E-state index in [1.165, 1.54) is 11.6 Å². The van der Waals surface area contributed by atoms with Crippen molar-refractivity contribution in [3.8, 4) is 0 Å². The Kier molecular flexibility index (Phi) is 12.8. The van der Waals surface area contributed by atoms with Crippen LogP contribution in [0.15, 0.2) is 17.7 Å². The molecule has 0 radical (unpaired) electrons. The minimum Gasteiger partial charge on any atom is -1.00 e. The molecular weight excluding hydrogens is 386 g/mol. The van der Waals surface area contributed by atoms with Crippen molar-refractivity contribution >= 4 is 8.07 Å². The van der Waals surface area contributed by atoms with E-state index < -0.39 is 8.07 Å². The Balaban J connectivity index is -0.000000333. The minimum absolute atomic E-state index is 0. The van der Waals surface area contributed by atoms with Gasteiger partial charge in [-0.25, -0.2) is 11.6 Å². The van der Waals surface area contributed by atoms with Gasteiger partial charge >= 0.3 is 0 Å². The second kappa shape index (κ2) is 8.45. The second-order valence-corrected chi connectivity index (χ2v) is 9.54. The first-order valence-electron chi connectivity index (χ1n) is 3.83. The first-order valence-corrected chi connectivity index (χ1v) is 7.54. The molecule has 1 rings (SSSR count). The van der Waals surface area contributed by atoms with Crippen LogP contribution in [-0.2, 0) is 25.8 Å². The SMILES string of the molecule is C[Si](C)(C)CC1=CC[C-]=C1.[Cl-].[Cl-].[Hf]. The molecule has 76 valence electrons. The molecule has 1 aliphatic rings. The molecule has 0 aromatic heterocycles. The van der Waals surface area contributed by atoms with Gasteiger partial charge in [-0.15, -0.1) is 6.42 Å². The van der Waals surface area contributed by atoms with Crippen LogP contribution in [0.1, 0.15) is 6.42 Å². The van der Waals surface area contributed by atoms with Gasteiger partial charge in [0.05, 0.1) is 0 Å². The fraction of sp³-hybridized carbons (Fsp3) is 0.556. The van der Waals surface area contributed by atoms with Crippen LogP contribution in [0.3, 0.4) is 0 Å². The molecule has 13 heavy (non-hydrogen) atoms. The van der Waals surface area contributed by atoms with E-state index in [-0.39, 0.29) is 50.7 Å². The van der Waals surface area contributed by atoms with E-state index in [9.17, 15) is 0 Å². The van der Waals surface area contributed by atoms with Crippen LogP contribution < -0.4 is 24.8 Å². The zero-order valence-corrected chi connectivity index (χ0v) is 14.4. The number of allylic oxidation sites excluding steroid dienone is 4. The fourth-order valence-corrected chi connectivity index (χ4v) is 2.65. The van der Waals surface area contributed by atoms with Crippen LogP contribution in [0.2, 0.25) is 25.7 Å². The average Bonchev–Trinajstić information content (AvgIpc) is 2.12. The van der Waals surface area contributed by atoms with E-state index in [0.29, 0.717) is 0 Å². The van der Waals surface area contributed by atoms with Crippen molar-refractivity contribution in [2.24, 2.45) is 0 Å². The summed E-state index contributed by atoms with van der Waals surface area (Å²) >= 11 is 0. The Morgan fingerprint density at radius 2 is 1.85 bits per heavy atom. The molecule has 1 aliphatic carbocycles. The van der Waals surface area contributed by atoms with E-state index in [2.05, 4.69) is 37.9 Å². The topological polar surface area (TPSA) is 0 Å². The number of hydrogen-bond donors (Lipinski definition) is 0. The summed E-state index contributed by atoms with van der Waals surface area (Å²) in [5, 5.41) is 0. The molecule has 4 heteroatoms. The predicted molar refractivity (Wildman–Crippen MR) is 48.7 cm³/mol. The smallest absolute Gasteiger partial charge is 0.0319 e. The molecule has 0 heterocycles. The monoisotopic (exact) mass is 401 g/mol. The molecule has 0 nitrogen and oxygen atoms in total. The molecule has 0 saturated carbocycles. The largest absolute Gasteiger partial charge is 1.00 e. The van der Waals surface area contributed by atoms with Crippen molar-refractivity contribution in [3.05, 3.63) is 23.8 Å². The normalized spacial score (nSPS) is 13.6. The van der Waals surface area contributed by atoms with Gasteiger partial charge in [-0.2, -0.15) is 6.08 Å². The van der Waals surface area contributed by atoms with Gasteiger partial charge in [-0.3, -0.25) is 6.08 Å². The zero-order chi connectivity index (χ0) is 7.61. The Morgan fingerprint density at radius 3 is 2.15 bits per heavy atom. The molecule has 0 aromatic carbocycles. The number of halogens is 2.